The van der Waals surface area contributed by atoms with Crippen LogP contribution in [0.15, 0.2) is 4.40 Å². The molecule has 1 fully saturated rings. The molecule has 0 spiro atoms. The minimum Gasteiger partial charge on any atom is -0.591 e. The molecule has 1 saturated carbocycles. The van der Waals surface area contributed by atoms with Gasteiger partial charge in [0.2, 0.25) is 0 Å². The monoisotopic (exact) mass is 257 g/mol. The van der Waals surface area contributed by atoms with Crippen LogP contribution in [0.2, 0.25) is 0 Å². The van der Waals surface area contributed by atoms with E-state index >= 15 is 0 Å². The summed E-state index contributed by atoms with van der Waals surface area (Å²) in [4.78, 5) is 0. The van der Waals surface area contributed by atoms with Gasteiger partial charge in [0.15, 0.2) is 0 Å². The third-order valence-electron chi connectivity index (χ3n) is 3.53. The Kier molecular flexibility index (Phi) is 6.01. The molecule has 0 aliphatic heterocycles. The van der Waals surface area contributed by atoms with Gasteiger partial charge in [-0.2, -0.15) is 0 Å². The third kappa shape index (κ3) is 5.91. The van der Waals surface area contributed by atoms with Gasteiger partial charge in [-0.3, -0.25) is 0 Å². The summed E-state index contributed by atoms with van der Waals surface area (Å²) in [6, 6.07) is 0. The van der Waals surface area contributed by atoms with Crippen LogP contribution >= 0.6 is 0 Å². The van der Waals surface area contributed by atoms with E-state index in [0.717, 1.165) is 18.3 Å². The van der Waals surface area contributed by atoms with Crippen LogP contribution in [0.4, 0.5) is 0 Å². The number of hydrogen-bond acceptors (Lipinski definition) is 2. The second-order valence-electron chi connectivity index (χ2n) is 6.35. The van der Waals surface area contributed by atoms with Crippen molar-refractivity contribution in [1.29, 1.82) is 0 Å². The Morgan fingerprint density at radius 3 is 2.35 bits per heavy atom. The molecule has 1 aliphatic rings. The highest BCUT2D eigenvalue weighted by molar-refractivity contribution is 7.91. The van der Waals surface area contributed by atoms with E-state index in [-0.39, 0.29) is 4.75 Å². The Morgan fingerprint density at radius 2 is 1.82 bits per heavy atom. The van der Waals surface area contributed by atoms with E-state index in [0.29, 0.717) is 0 Å². The highest BCUT2D eigenvalue weighted by Crippen LogP contribution is 2.30. The summed E-state index contributed by atoms with van der Waals surface area (Å²) in [7, 11) is 0. The molecule has 1 aliphatic carbocycles. The molecule has 3 heteroatoms. The van der Waals surface area contributed by atoms with E-state index < -0.39 is 11.4 Å². The van der Waals surface area contributed by atoms with Gasteiger partial charge in [-0.15, -0.1) is 0 Å². The van der Waals surface area contributed by atoms with Crippen molar-refractivity contribution in [3.63, 3.8) is 0 Å². The maximum Gasteiger partial charge on any atom is 0.144 e. The fraction of sp³-hybridized carbons (Fsp3) is 0.929. The Balaban J connectivity index is 2.17. The maximum atomic E-state index is 11.7. The van der Waals surface area contributed by atoms with Crippen molar-refractivity contribution in [2.75, 3.05) is 0 Å². The summed E-state index contributed by atoms with van der Waals surface area (Å²) in [5.74, 6) is 1.80. The van der Waals surface area contributed by atoms with Crippen LogP contribution in [0.25, 0.3) is 0 Å². The SMILES string of the molecule is CC(C)(C)[S@@+]([O-])/N=C/CC[C@H]1CC[C@H](C)CC1. The molecule has 0 saturated heterocycles. The summed E-state index contributed by atoms with van der Waals surface area (Å²) in [6.45, 7) is 8.24. The average molecular weight is 257 g/mol. The highest BCUT2D eigenvalue weighted by atomic mass is 32.2. The Bertz CT molecular complexity index is 239. The lowest BCUT2D eigenvalue weighted by molar-refractivity contribution is 0.281. The van der Waals surface area contributed by atoms with Gasteiger partial charge in [-0.05, 0) is 45.4 Å². The average Bonchev–Trinajstić information content (AvgIpc) is 2.25. The second-order valence-corrected chi connectivity index (χ2v) is 8.29. The van der Waals surface area contributed by atoms with E-state index in [1.807, 2.05) is 27.0 Å². The lowest BCUT2D eigenvalue weighted by Crippen LogP contribution is -2.25. The van der Waals surface area contributed by atoms with Gasteiger partial charge in [0, 0.05) is 0 Å². The normalized spacial score (nSPS) is 28.5. The number of hydrogen-bond donors (Lipinski definition) is 0. The molecule has 0 heterocycles. The molecule has 0 aromatic rings. The van der Waals surface area contributed by atoms with Gasteiger partial charge in [-0.1, -0.05) is 37.0 Å². The summed E-state index contributed by atoms with van der Waals surface area (Å²) in [5.41, 5.74) is 0. The van der Waals surface area contributed by atoms with Crippen molar-refractivity contribution in [3.8, 4) is 0 Å². The van der Waals surface area contributed by atoms with E-state index in [4.69, 9.17) is 0 Å². The zero-order chi connectivity index (χ0) is 12.9. The summed E-state index contributed by atoms with van der Waals surface area (Å²) < 4.78 is 15.6. The molecule has 0 aromatic carbocycles. The van der Waals surface area contributed by atoms with E-state index in [9.17, 15) is 4.55 Å². The minimum absolute atomic E-state index is 0.225. The molecule has 0 N–H and O–H groups in total. The molecule has 0 unspecified atom stereocenters. The first-order valence-corrected chi connectivity index (χ1v) is 7.95. The summed E-state index contributed by atoms with van der Waals surface area (Å²) >= 11 is -1.08. The molecule has 0 bridgehead atoms. The topological polar surface area (TPSA) is 35.4 Å². The van der Waals surface area contributed by atoms with Crippen molar-refractivity contribution < 1.29 is 4.55 Å². The van der Waals surface area contributed by atoms with Crippen molar-refractivity contribution in [2.45, 2.75) is 71.0 Å². The second kappa shape index (κ2) is 6.79. The van der Waals surface area contributed by atoms with E-state index in [1.165, 1.54) is 32.1 Å². The van der Waals surface area contributed by atoms with Gasteiger partial charge in [-0.25, -0.2) is 0 Å². The van der Waals surface area contributed by atoms with E-state index in [2.05, 4.69) is 11.3 Å². The molecule has 0 aromatic heterocycles. The molecule has 1 atom stereocenters. The van der Waals surface area contributed by atoms with Gasteiger partial charge < -0.3 is 4.55 Å². The van der Waals surface area contributed by atoms with Crippen molar-refractivity contribution in [3.05, 3.63) is 0 Å². The van der Waals surface area contributed by atoms with Gasteiger partial charge in [0.05, 0.1) is 6.21 Å². The standard InChI is InChI=1S/C14H27NOS/c1-12-7-9-13(10-8-12)6-5-11-15-17(16)14(2,3)4/h11-13H,5-10H2,1-4H3/b15-11+/t12-,13-,17-/m1/s1. The highest BCUT2D eigenvalue weighted by Gasteiger charge is 2.25. The summed E-state index contributed by atoms with van der Waals surface area (Å²) in [6.07, 6.45) is 9.60. The van der Waals surface area contributed by atoms with Crippen LogP contribution in [0, 0.1) is 11.8 Å². The lowest BCUT2D eigenvalue weighted by Gasteiger charge is -2.25. The largest absolute Gasteiger partial charge is 0.591 e. The zero-order valence-corrected chi connectivity index (χ0v) is 12.6. The molecular weight excluding hydrogens is 230 g/mol. The predicted octanol–water partition coefficient (Wildman–Crippen LogP) is 4.13. The molecular formula is C14H27NOS. The maximum absolute atomic E-state index is 11.7. The first-order valence-electron chi connectivity index (χ1n) is 6.84. The zero-order valence-electron chi connectivity index (χ0n) is 11.7. The Morgan fingerprint density at radius 1 is 1.24 bits per heavy atom. The van der Waals surface area contributed by atoms with E-state index in [1.54, 1.807) is 0 Å². The van der Waals surface area contributed by atoms with Crippen LogP contribution in [0.3, 0.4) is 0 Å². The Labute approximate surface area is 110 Å². The fourth-order valence-electron chi connectivity index (χ4n) is 2.21. The smallest absolute Gasteiger partial charge is 0.144 e. The van der Waals surface area contributed by atoms with Gasteiger partial charge in [0.25, 0.3) is 0 Å². The molecule has 17 heavy (non-hydrogen) atoms. The molecule has 100 valence electrons. The number of rotatable bonds is 4. The first kappa shape index (κ1) is 15.0. The lowest BCUT2D eigenvalue weighted by atomic mass is 9.81. The predicted molar refractivity (Wildman–Crippen MR) is 76.7 cm³/mol. The molecule has 2 nitrogen and oxygen atoms in total. The van der Waals surface area contributed by atoms with Gasteiger partial charge in [0.1, 0.15) is 16.1 Å². The van der Waals surface area contributed by atoms with Crippen LogP contribution in [-0.4, -0.2) is 15.5 Å². The fourth-order valence-corrected chi connectivity index (χ4v) is 2.76. The van der Waals surface area contributed by atoms with Crippen molar-refractivity contribution in [1.82, 2.24) is 0 Å². The Hall–Kier alpha value is -0.0200. The van der Waals surface area contributed by atoms with Crippen LogP contribution < -0.4 is 0 Å². The first-order chi connectivity index (χ1) is 7.89. The molecule has 1 rings (SSSR count). The minimum atomic E-state index is -1.08. The van der Waals surface area contributed by atoms with Crippen LogP contribution in [0.5, 0.6) is 0 Å². The number of nitrogens with zero attached hydrogens (tertiary/aromatic N) is 1. The summed E-state index contributed by atoms with van der Waals surface area (Å²) in [5, 5.41) is 0. The third-order valence-corrected chi connectivity index (χ3v) is 4.92. The van der Waals surface area contributed by atoms with Crippen LogP contribution in [0.1, 0.15) is 66.2 Å². The quantitative estimate of drug-likeness (QED) is 0.551. The van der Waals surface area contributed by atoms with Gasteiger partial charge >= 0.3 is 0 Å². The van der Waals surface area contributed by atoms with Crippen molar-refractivity contribution in [2.24, 2.45) is 16.2 Å². The van der Waals surface area contributed by atoms with Crippen LogP contribution in [-0.2, 0) is 11.4 Å². The molecule has 0 amide bonds. The molecule has 0 radical (unpaired) electrons. The van der Waals surface area contributed by atoms with Crippen molar-refractivity contribution >= 4 is 17.6 Å².